The predicted octanol–water partition coefficient (Wildman–Crippen LogP) is 2.10. The van der Waals surface area contributed by atoms with Crippen molar-refractivity contribution in [2.45, 2.75) is 37.1 Å². The number of hydrogen-bond acceptors (Lipinski definition) is 2. The molecule has 1 aromatic carbocycles. The third-order valence-electron chi connectivity index (χ3n) is 4.02. The Balaban J connectivity index is 1.84. The highest BCUT2D eigenvalue weighted by Crippen LogP contribution is 2.43. The van der Waals surface area contributed by atoms with Crippen LogP contribution in [0.1, 0.15) is 42.7 Å². The van der Waals surface area contributed by atoms with E-state index in [0.717, 1.165) is 19.4 Å². The normalized spacial score (nSPS) is 27.7. The SMILES string of the molecule is NC1(c2cccc(C3CCCNC3)c2)CC1. The second-order valence-corrected chi connectivity index (χ2v) is 5.32. The first-order chi connectivity index (χ1) is 7.78. The van der Waals surface area contributed by atoms with E-state index in [-0.39, 0.29) is 5.54 Å². The monoisotopic (exact) mass is 216 g/mol. The number of hydrogen-bond donors (Lipinski definition) is 2. The molecule has 2 nitrogen and oxygen atoms in total. The van der Waals surface area contributed by atoms with Gasteiger partial charge in [-0.1, -0.05) is 24.3 Å². The molecule has 0 radical (unpaired) electrons. The van der Waals surface area contributed by atoms with Crippen LogP contribution in [0.3, 0.4) is 0 Å². The van der Waals surface area contributed by atoms with E-state index in [4.69, 9.17) is 5.73 Å². The van der Waals surface area contributed by atoms with Gasteiger partial charge < -0.3 is 11.1 Å². The number of rotatable bonds is 2. The van der Waals surface area contributed by atoms with Crippen LogP contribution in [0.5, 0.6) is 0 Å². The van der Waals surface area contributed by atoms with Crippen LogP contribution in [0, 0.1) is 0 Å². The molecule has 2 heteroatoms. The Morgan fingerprint density at radius 2 is 2.19 bits per heavy atom. The van der Waals surface area contributed by atoms with Crippen LogP contribution >= 0.6 is 0 Å². The van der Waals surface area contributed by atoms with Gasteiger partial charge in [-0.3, -0.25) is 0 Å². The Morgan fingerprint density at radius 1 is 1.31 bits per heavy atom. The maximum atomic E-state index is 6.25. The molecule has 1 aliphatic carbocycles. The third-order valence-corrected chi connectivity index (χ3v) is 4.02. The topological polar surface area (TPSA) is 38.0 Å². The number of piperidine rings is 1. The summed E-state index contributed by atoms with van der Waals surface area (Å²) >= 11 is 0. The molecule has 0 aromatic heterocycles. The number of nitrogens with one attached hydrogen (secondary N) is 1. The van der Waals surface area contributed by atoms with Crippen LogP contribution in [-0.2, 0) is 5.54 Å². The summed E-state index contributed by atoms with van der Waals surface area (Å²) in [6.07, 6.45) is 4.91. The quantitative estimate of drug-likeness (QED) is 0.794. The molecule has 2 fully saturated rings. The molecule has 2 aliphatic rings. The molecule has 16 heavy (non-hydrogen) atoms. The lowest BCUT2D eigenvalue weighted by atomic mass is 9.89. The van der Waals surface area contributed by atoms with Gasteiger partial charge in [0.25, 0.3) is 0 Å². The smallest absolute Gasteiger partial charge is 0.0411 e. The fourth-order valence-corrected chi connectivity index (χ4v) is 2.66. The molecule has 1 heterocycles. The van der Waals surface area contributed by atoms with Crippen molar-refractivity contribution >= 4 is 0 Å². The summed E-state index contributed by atoms with van der Waals surface area (Å²) < 4.78 is 0. The molecule has 1 aromatic rings. The van der Waals surface area contributed by atoms with Gasteiger partial charge in [-0.05, 0) is 49.3 Å². The van der Waals surface area contributed by atoms with Gasteiger partial charge in [0, 0.05) is 12.1 Å². The maximum absolute atomic E-state index is 6.25. The van der Waals surface area contributed by atoms with E-state index in [0.29, 0.717) is 5.92 Å². The molecule has 0 spiro atoms. The first-order valence-corrected chi connectivity index (χ1v) is 6.38. The van der Waals surface area contributed by atoms with E-state index in [9.17, 15) is 0 Å². The Morgan fingerprint density at radius 3 is 2.88 bits per heavy atom. The second-order valence-electron chi connectivity index (χ2n) is 5.32. The Kier molecular flexibility index (Phi) is 2.49. The van der Waals surface area contributed by atoms with Crippen molar-refractivity contribution in [3.05, 3.63) is 35.4 Å². The van der Waals surface area contributed by atoms with Gasteiger partial charge >= 0.3 is 0 Å². The summed E-state index contributed by atoms with van der Waals surface area (Å²) in [5.74, 6) is 0.691. The van der Waals surface area contributed by atoms with Crippen molar-refractivity contribution in [3.63, 3.8) is 0 Å². The van der Waals surface area contributed by atoms with Crippen LogP contribution in [0.25, 0.3) is 0 Å². The minimum Gasteiger partial charge on any atom is -0.321 e. The Labute approximate surface area is 97.2 Å². The highest BCUT2D eigenvalue weighted by molar-refractivity contribution is 5.35. The van der Waals surface area contributed by atoms with Gasteiger partial charge in [0.15, 0.2) is 0 Å². The van der Waals surface area contributed by atoms with Crippen molar-refractivity contribution in [2.24, 2.45) is 5.73 Å². The van der Waals surface area contributed by atoms with Crippen LogP contribution < -0.4 is 11.1 Å². The third kappa shape index (κ3) is 1.87. The summed E-state index contributed by atoms with van der Waals surface area (Å²) in [5.41, 5.74) is 9.08. The first-order valence-electron chi connectivity index (χ1n) is 6.38. The zero-order valence-electron chi connectivity index (χ0n) is 9.71. The fraction of sp³-hybridized carbons (Fsp3) is 0.571. The molecule has 1 aliphatic heterocycles. The van der Waals surface area contributed by atoms with Gasteiger partial charge in [-0.25, -0.2) is 0 Å². The standard InChI is InChI=1S/C14H20N2/c15-14(6-7-14)13-5-1-3-11(9-13)12-4-2-8-16-10-12/h1,3,5,9,12,16H,2,4,6-8,10,15H2. The van der Waals surface area contributed by atoms with Crippen molar-refractivity contribution in [1.82, 2.24) is 5.32 Å². The number of benzene rings is 1. The van der Waals surface area contributed by atoms with E-state index >= 15 is 0 Å². The van der Waals surface area contributed by atoms with Gasteiger partial charge in [0.2, 0.25) is 0 Å². The molecule has 1 unspecified atom stereocenters. The molecule has 1 saturated heterocycles. The van der Waals surface area contributed by atoms with Crippen molar-refractivity contribution in [3.8, 4) is 0 Å². The highest BCUT2D eigenvalue weighted by atomic mass is 14.9. The zero-order valence-corrected chi connectivity index (χ0v) is 9.71. The van der Waals surface area contributed by atoms with Gasteiger partial charge in [0.05, 0.1) is 0 Å². The Hall–Kier alpha value is -0.860. The summed E-state index contributed by atoms with van der Waals surface area (Å²) in [6, 6.07) is 8.95. The van der Waals surface area contributed by atoms with E-state index in [2.05, 4.69) is 29.6 Å². The van der Waals surface area contributed by atoms with Crippen LogP contribution in [0.2, 0.25) is 0 Å². The Bertz CT molecular complexity index is 376. The zero-order chi connectivity index (χ0) is 11.0. The molecule has 1 atom stereocenters. The summed E-state index contributed by atoms with van der Waals surface area (Å²) in [4.78, 5) is 0. The number of nitrogens with two attached hydrogens (primary N) is 1. The van der Waals surface area contributed by atoms with Gasteiger partial charge in [0.1, 0.15) is 0 Å². The minimum atomic E-state index is 0.0120. The van der Waals surface area contributed by atoms with Crippen molar-refractivity contribution in [1.29, 1.82) is 0 Å². The average Bonchev–Trinajstić information content (AvgIpc) is 3.10. The minimum absolute atomic E-state index is 0.0120. The van der Waals surface area contributed by atoms with Crippen LogP contribution in [0.15, 0.2) is 24.3 Å². The van der Waals surface area contributed by atoms with Crippen molar-refractivity contribution < 1.29 is 0 Å². The van der Waals surface area contributed by atoms with E-state index < -0.39 is 0 Å². The van der Waals surface area contributed by atoms with E-state index in [1.54, 1.807) is 0 Å². The van der Waals surface area contributed by atoms with E-state index in [1.165, 1.54) is 30.5 Å². The largest absolute Gasteiger partial charge is 0.321 e. The molecule has 86 valence electrons. The fourth-order valence-electron chi connectivity index (χ4n) is 2.66. The maximum Gasteiger partial charge on any atom is 0.0411 e. The van der Waals surface area contributed by atoms with Crippen LogP contribution in [0.4, 0.5) is 0 Å². The molecule has 1 saturated carbocycles. The molecule has 0 amide bonds. The predicted molar refractivity (Wildman–Crippen MR) is 66.4 cm³/mol. The average molecular weight is 216 g/mol. The lowest BCUT2D eigenvalue weighted by Gasteiger charge is -2.24. The highest BCUT2D eigenvalue weighted by Gasteiger charge is 2.40. The van der Waals surface area contributed by atoms with Crippen LogP contribution in [-0.4, -0.2) is 13.1 Å². The lowest BCUT2D eigenvalue weighted by molar-refractivity contribution is 0.461. The van der Waals surface area contributed by atoms with E-state index in [1.807, 2.05) is 0 Å². The van der Waals surface area contributed by atoms with Crippen molar-refractivity contribution in [2.75, 3.05) is 13.1 Å². The summed E-state index contributed by atoms with van der Waals surface area (Å²) in [7, 11) is 0. The summed E-state index contributed by atoms with van der Waals surface area (Å²) in [6.45, 7) is 2.30. The molecular formula is C14H20N2. The molecule has 3 rings (SSSR count). The first kappa shape index (κ1) is 10.3. The van der Waals surface area contributed by atoms with Gasteiger partial charge in [-0.2, -0.15) is 0 Å². The van der Waals surface area contributed by atoms with Gasteiger partial charge in [-0.15, -0.1) is 0 Å². The lowest BCUT2D eigenvalue weighted by Crippen LogP contribution is -2.28. The molecule has 0 bridgehead atoms. The molecular weight excluding hydrogens is 196 g/mol. The molecule has 3 N–H and O–H groups in total. The second kappa shape index (κ2) is 3.86. The summed E-state index contributed by atoms with van der Waals surface area (Å²) in [5, 5.41) is 3.48.